The minimum absolute atomic E-state index is 0.0254. The summed E-state index contributed by atoms with van der Waals surface area (Å²) in [4.78, 5) is 23.8. The Hall–Kier alpha value is -3.24. The number of rotatable bonds is 12. The highest BCUT2D eigenvalue weighted by Gasteiger charge is 2.16. The highest BCUT2D eigenvalue weighted by molar-refractivity contribution is 6.30. The van der Waals surface area contributed by atoms with Crippen LogP contribution in [0.25, 0.3) is 0 Å². The lowest BCUT2D eigenvalue weighted by molar-refractivity contribution is -0.124. The molecule has 2 aromatic rings. The van der Waals surface area contributed by atoms with Crippen LogP contribution in [0, 0.1) is 17.5 Å². The third kappa shape index (κ3) is 9.03. The van der Waals surface area contributed by atoms with E-state index >= 15 is 0 Å². The molecular weight excluding hydrogens is 465 g/mol. The average molecular weight is 487 g/mol. The number of halogens is 4. The largest absolute Gasteiger partial charge is 0.484 e. The van der Waals surface area contributed by atoms with Gasteiger partial charge in [-0.3, -0.25) is 9.59 Å². The summed E-state index contributed by atoms with van der Waals surface area (Å²) in [6.07, 6.45) is 0.401. The van der Waals surface area contributed by atoms with Crippen LogP contribution in [-0.2, 0) is 9.59 Å². The summed E-state index contributed by atoms with van der Waals surface area (Å²) in [7, 11) is 0. The lowest BCUT2D eigenvalue weighted by Crippen LogP contribution is -2.42. The number of carbonyl (C=O) groups is 2. The number of carbonyl (C=O) groups excluding carboxylic acids is 2. The zero-order valence-electron chi connectivity index (χ0n) is 17.3. The zero-order valence-corrected chi connectivity index (χ0v) is 18.1. The number of aliphatic hydroxyl groups is 1. The second kappa shape index (κ2) is 12.7. The van der Waals surface area contributed by atoms with E-state index in [0.717, 1.165) is 18.2 Å². The number of amides is 2. The van der Waals surface area contributed by atoms with E-state index in [1.165, 1.54) is 24.3 Å². The molecule has 0 saturated heterocycles. The van der Waals surface area contributed by atoms with Crippen LogP contribution >= 0.6 is 11.6 Å². The van der Waals surface area contributed by atoms with Crippen molar-refractivity contribution in [3.63, 3.8) is 0 Å². The van der Waals surface area contributed by atoms with Gasteiger partial charge in [-0.2, -0.15) is 0 Å². The van der Waals surface area contributed by atoms with E-state index in [2.05, 4.69) is 17.2 Å². The molecule has 178 valence electrons. The summed E-state index contributed by atoms with van der Waals surface area (Å²) >= 11 is 5.58. The van der Waals surface area contributed by atoms with Gasteiger partial charge in [0.1, 0.15) is 17.3 Å². The normalized spacial score (nSPS) is 12.4. The van der Waals surface area contributed by atoms with Gasteiger partial charge in [0, 0.05) is 24.7 Å². The molecule has 3 N–H and O–H groups in total. The quantitative estimate of drug-likeness (QED) is 0.401. The Morgan fingerprint density at radius 2 is 1.61 bits per heavy atom. The SMILES string of the molecule is C=CC(C[C@H](O)CNC(=O)COc1ccc(F)c(F)c1)NC(=O)COc1ccc(Cl)c(F)c1. The molecule has 0 spiro atoms. The molecule has 0 heterocycles. The third-order valence-electron chi connectivity index (χ3n) is 4.21. The molecule has 1 unspecified atom stereocenters. The van der Waals surface area contributed by atoms with Crippen LogP contribution in [0.4, 0.5) is 13.2 Å². The van der Waals surface area contributed by atoms with Gasteiger partial charge in [0.25, 0.3) is 11.8 Å². The number of aliphatic hydroxyl groups excluding tert-OH is 1. The second-order valence-electron chi connectivity index (χ2n) is 6.83. The number of hydrogen-bond acceptors (Lipinski definition) is 5. The highest BCUT2D eigenvalue weighted by atomic mass is 35.5. The van der Waals surface area contributed by atoms with Crippen molar-refractivity contribution >= 4 is 23.4 Å². The molecule has 0 aliphatic rings. The molecule has 0 aliphatic carbocycles. The maximum absolute atomic E-state index is 13.4. The number of ether oxygens (including phenoxy) is 2. The Labute approximate surface area is 193 Å². The summed E-state index contributed by atoms with van der Waals surface area (Å²) in [6, 6.07) is 5.97. The molecule has 0 radical (unpaired) electrons. The Morgan fingerprint density at radius 1 is 1.00 bits per heavy atom. The first-order valence-electron chi connectivity index (χ1n) is 9.70. The topological polar surface area (TPSA) is 96.9 Å². The maximum Gasteiger partial charge on any atom is 0.258 e. The first kappa shape index (κ1) is 26.0. The predicted octanol–water partition coefficient (Wildman–Crippen LogP) is 2.75. The summed E-state index contributed by atoms with van der Waals surface area (Å²) in [6.45, 7) is 2.56. The smallest absolute Gasteiger partial charge is 0.258 e. The lowest BCUT2D eigenvalue weighted by Gasteiger charge is -2.19. The van der Waals surface area contributed by atoms with Crippen molar-refractivity contribution in [2.75, 3.05) is 19.8 Å². The Kier molecular flexibility index (Phi) is 10.0. The molecule has 2 aromatic carbocycles. The first-order chi connectivity index (χ1) is 15.7. The fraction of sp³-hybridized carbons (Fsp3) is 0.273. The van der Waals surface area contributed by atoms with E-state index in [0.29, 0.717) is 0 Å². The summed E-state index contributed by atoms with van der Waals surface area (Å²) < 4.78 is 49.6. The summed E-state index contributed by atoms with van der Waals surface area (Å²) in [5.74, 6) is -3.86. The molecule has 7 nitrogen and oxygen atoms in total. The Morgan fingerprint density at radius 3 is 2.21 bits per heavy atom. The van der Waals surface area contributed by atoms with Crippen molar-refractivity contribution in [2.45, 2.75) is 18.6 Å². The monoisotopic (exact) mass is 486 g/mol. The van der Waals surface area contributed by atoms with Crippen molar-refractivity contribution < 1.29 is 37.3 Å². The van der Waals surface area contributed by atoms with E-state index in [4.69, 9.17) is 21.1 Å². The molecule has 0 fully saturated rings. The molecule has 33 heavy (non-hydrogen) atoms. The van der Waals surface area contributed by atoms with Gasteiger partial charge >= 0.3 is 0 Å². The van der Waals surface area contributed by atoms with Crippen molar-refractivity contribution in [3.05, 3.63) is 71.5 Å². The molecule has 2 rings (SSSR count). The van der Waals surface area contributed by atoms with E-state index < -0.39 is 54.6 Å². The molecule has 0 aliphatic heterocycles. The second-order valence-corrected chi connectivity index (χ2v) is 7.24. The van der Waals surface area contributed by atoms with Crippen LogP contribution in [-0.4, -0.2) is 48.8 Å². The van der Waals surface area contributed by atoms with E-state index in [1.807, 2.05) is 0 Å². The molecule has 0 saturated carbocycles. The minimum atomic E-state index is -1.11. The van der Waals surface area contributed by atoms with Crippen LogP contribution in [0.1, 0.15) is 6.42 Å². The molecule has 2 atom stereocenters. The van der Waals surface area contributed by atoms with Gasteiger partial charge in [-0.05, 0) is 30.7 Å². The van der Waals surface area contributed by atoms with Crippen LogP contribution in [0.3, 0.4) is 0 Å². The first-order valence-corrected chi connectivity index (χ1v) is 10.1. The fourth-order valence-electron chi connectivity index (χ4n) is 2.55. The fourth-order valence-corrected chi connectivity index (χ4v) is 2.67. The minimum Gasteiger partial charge on any atom is -0.484 e. The Balaban J connectivity index is 1.69. The van der Waals surface area contributed by atoms with Gasteiger partial charge in [-0.25, -0.2) is 13.2 Å². The van der Waals surface area contributed by atoms with Gasteiger partial charge in [-0.15, -0.1) is 6.58 Å². The lowest BCUT2D eigenvalue weighted by atomic mass is 10.1. The number of benzene rings is 2. The summed E-state index contributed by atoms with van der Waals surface area (Å²) in [5.41, 5.74) is 0. The highest BCUT2D eigenvalue weighted by Crippen LogP contribution is 2.20. The number of nitrogens with one attached hydrogen (secondary N) is 2. The van der Waals surface area contributed by atoms with Crippen molar-refractivity contribution in [3.8, 4) is 11.5 Å². The molecule has 0 bridgehead atoms. The number of hydrogen-bond donors (Lipinski definition) is 3. The van der Waals surface area contributed by atoms with Crippen LogP contribution in [0.15, 0.2) is 49.1 Å². The van der Waals surface area contributed by atoms with Gasteiger partial charge in [0.2, 0.25) is 0 Å². The van der Waals surface area contributed by atoms with E-state index in [1.54, 1.807) is 0 Å². The molecule has 2 amide bonds. The summed E-state index contributed by atoms with van der Waals surface area (Å²) in [5, 5.41) is 15.0. The molecule has 0 aromatic heterocycles. The van der Waals surface area contributed by atoms with Crippen LogP contribution in [0.5, 0.6) is 11.5 Å². The van der Waals surface area contributed by atoms with E-state index in [9.17, 15) is 27.9 Å². The van der Waals surface area contributed by atoms with Gasteiger partial charge in [-0.1, -0.05) is 17.7 Å². The average Bonchev–Trinajstić information content (AvgIpc) is 2.78. The molecular formula is C22H22ClF3N2O5. The molecule has 11 heteroatoms. The zero-order chi connectivity index (χ0) is 24.4. The van der Waals surface area contributed by atoms with E-state index in [-0.39, 0.29) is 29.5 Å². The van der Waals surface area contributed by atoms with Crippen molar-refractivity contribution in [1.29, 1.82) is 0 Å². The van der Waals surface area contributed by atoms with Crippen molar-refractivity contribution in [1.82, 2.24) is 10.6 Å². The van der Waals surface area contributed by atoms with Gasteiger partial charge in [0.15, 0.2) is 24.8 Å². The van der Waals surface area contributed by atoms with Gasteiger partial charge in [0.05, 0.1) is 11.1 Å². The predicted molar refractivity (Wildman–Crippen MR) is 115 cm³/mol. The van der Waals surface area contributed by atoms with Crippen LogP contribution in [0.2, 0.25) is 5.02 Å². The standard InChI is InChI=1S/C22H22ClF3N2O5/c1-2-13(28-22(31)12-33-15-3-5-17(23)19(25)8-15)7-14(29)10-27-21(30)11-32-16-4-6-18(24)20(26)9-16/h2-6,8-9,13-14,29H,1,7,10-12H2,(H,27,30)(H,28,31)/t13?,14-/m0/s1. The van der Waals surface area contributed by atoms with Gasteiger partial charge < -0.3 is 25.2 Å². The Bertz CT molecular complexity index is 992. The van der Waals surface area contributed by atoms with Crippen LogP contribution < -0.4 is 20.1 Å². The maximum atomic E-state index is 13.4. The third-order valence-corrected chi connectivity index (χ3v) is 4.52. The van der Waals surface area contributed by atoms with Crippen molar-refractivity contribution in [2.24, 2.45) is 0 Å².